The molecule has 0 spiro atoms. The Morgan fingerprint density at radius 3 is 2.65 bits per heavy atom. The van der Waals surface area contributed by atoms with Crippen LogP contribution in [0.1, 0.15) is 30.1 Å². The Hall–Kier alpha value is -1.62. The zero-order chi connectivity index (χ0) is 13.9. The first-order valence-electron chi connectivity index (χ1n) is 6.68. The van der Waals surface area contributed by atoms with Crippen molar-refractivity contribution in [1.29, 1.82) is 0 Å². The lowest BCUT2D eigenvalue weighted by atomic mass is 10.2. The van der Waals surface area contributed by atoms with Crippen molar-refractivity contribution in [3.05, 3.63) is 46.2 Å². The minimum Gasteiger partial charge on any atom is -0.473 e. The first-order chi connectivity index (χ1) is 9.74. The molecule has 0 radical (unpaired) electrons. The monoisotopic (exact) mass is 333 g/mol. The molecule has 1 N–H and O–H groups in total. The molecule has 1 saturated carbocycles. The molecule has 1 fully saturated rings. The van der Waals surface area contributed by atoms with Crippen molar-refractivity contribution < 1.29 is 4.74 Å². The molecule has 1 aromatic heterocycles. The summed E-state index contributed by atoms with van der Waals surface area (Å²) >= 11 is 3.42. The molecule has 0 saturated heterocycles. The predicted octanol–water partition coefficient (Wildman–Crippen LogP) is 3.74. The summed E-state index contributed by atoms with van der Waals surface area (Å²) in [5.41, 5.74) is 1.12. The van der Waals surface area contributed by atoms with Gasteiger partial charge >= 0.3 is 0 Å². The van der Waals surface area contributed by atoms with Gasteiger partial charge in [0.15, 0.2) is 0 Å². The summed E-state index contributed by atoms with van der Waals surface area (Å²) in [6.45, 7) is 0.511. The van der Waals surface area contributed by atoms with Gasteiger partial charge < -0.3 is 10.1 Å². The van der Waals surface area contributed by atoms with Crippen LogP contribution < -0.4 is 10.1 Å². The molecule has 1 heterocycles. The van der Waals surface area contributed by atoms with Crippen LogP contribution in [0, 0.1) is 0 Å². The van der Waals surface area contributed by atoms with Gasteiger partial charge in [-0.05, 0) is 30.5 Å². The second kappa shape index (κ2) is 5.79. The Morgan fingerprint density at radius 1 is 1.25 bits per heavy atom. The molecule has 0 unspecified atom stereocenters. The van der Waals surface area contributed by atoms with Crippen LogP contribution >= 0.6 is 15.9 Å². The fourth-order valence-corrected chi connectivity index (χ4v) is 2.17. The molecule has 0 amide bonds. The summed E-state index contributed by atoms with van der Waals surface area (Å²) in [7, 11) is 1.86. The Morgan fingerprint density at radius 2 is 2.00 bits per heavy atom. The molecule has 4 nitrogen and oxygen atoms in total. The van der Waals surface area contributed by atoms with E-state index in [0.717, 1.165) is 21.7 Å². The van der Waals surface area contributed by atoms with Gasteiger partial charge in [0.1, 0.15) is 18.2 Å². The van der Waals surface area contributed by atoms with Gasteiger partial charge in [-0.15, -0.1) is 0 Å². The number of halogens is 1. The van der Waals surface area contributed by atoms with Crippen molar-refractivity contribution in [2.24, 2.45) is 0 Å². The average Bonchev–Trinajstić information content (AvgIpc) is 3.31. The SMILES string of the molecule is CNc1cc(OCc2ccc(Br)cc2)nc(C2CC2)n1. The van der Waals surface area contributed by atoms with E-state index in [4.69, 9.17) is 4.74 Å². The highest BCUT2D eigenvalue weighted by atomic mass is 79.9. The number of hydrogen-bond donors (Lipinski definition) is 1. The Bertz CT molecular complexity index is 597. The summed E-state index contributed by atoms with van der Waals surface area (Å²) in [5.74, 6) is 2.85. The third-order valence-corrected chi connectivity index (χ3v) is 3.75. The Labute approximate surface area is 126 Å². The average molecular weight is 334 g/mol. The van der Waals surface area contributed by atoms with Gasteiger partial charge in [0.2, 0.25) is 5.88 Å². The van der Waals surface area contributed by atoms with Crippen molar-refractivity contribution in [1.82, 2.24) is 9.97 Å². The highest BCUT2D eigenvalue weighted by molar-refractivity contribution is 9.10. The van der Waals surface area contributed by atoms with E-state index >= 15 is 0 Å². The summed E-state index contributed by atoms with van der Waals surface area (Å²) < 4.78 is 6.85. The minimum absolute atomic E-state index is 0.511. The number of benzene rings is 1. The van der Waals surface area contributed by atoms with Crippen molar-refractivity contribution in [2.45, 2.75) is 25.4 Å². The van der Waals surface area contributed by atoms with Crippen molar-refractivity contribution >= 4 is 21.7 Å². The van der Waals surface area contributed by atoms with E-state index in [1.165, 1.54) is 12.8 Å². The maximum atomic E-state index is 5.79. The lowest BCUT2D eigenvalue weighted by molar-refractivity contribution is 0.292. The van der Waals surface area contributed by atoms with E-state index < -0.39 is 0 Å². The Balaban J connectivity index is 1.72. The van der Waals surface area contributed by atoms with Crippen molar-refractivity contribution in [3.8, 4) is 5.88 Å². The van der Waals surface area contributed by atoms with E-state index in [-0.39, 0.29) is 0 Å². The van der Waals surface area contributed by atoms with E-state index in [2.05, 4.69) is 31.2 Å². The number of aromatic nitrogens is 2. The van der Waals surface area contributed by atoms with Crippen LogP contribution in [0.2, 0.25) is 0 Å². The van der Waals surface area contributed by atoms with E-state index in [0.29, 0.717) is 18.4 Å². The number of nitrogens with zero attached hydrogens (tertiary/aromatic N) is 2. The number of anilines is 1. The van der Waals surface area contributed by atoms with E-state index in [9.17, 15) is 0 Å². The van der Waals surface area contributed by atoms with Gasteiger partial charge in [-0.25, -0.2) is 4.98 Å². The van der Waals surface area contributed by atoms with Gasteiger partial charge in [-0.2, -0.15) is 4.98 Å². The fraction of sp³-hybridized carbons (Fsp3) is 0.333. The van der Waals surface area contributed by atoms with E-state index in [1.807, 2.05) is 37.4 Å². The molecule has 0 aliphatic heterocycles. The van der Waals surface area contributed by atoms with Gasteiger partial charge in [-0.3, -0.25) is 0 Å². The third-order valence-electron chi connectivity index (χ3n) is 3.22. The first-order valence-corrected chi connectivity index (χ1v) is 7.48. The zero-order valence-electron chi connectivity index (χ0n) is 11.3. The fourth-order valence-electron chi connectivity index (χ4n) is 1.91. The molecule has 1 aromatic carbocycles. The standard InChI is InChI=1S/C15H16BrN3O/c1-17-13-8-14(19-15(18-13)11-4-5-11)20-9-10-2-6-12(16)7-3-10/h2-3,6-8,11H,4-5,9H2,1H3,(H,17,18,19). The smallest absolute Gasteiger partial charge is 0.219 e. The summed E-state index contributed by atoms with van der Waals surface area (Å²) in [5, 5.41) is 3.06. The van der Waals surface area contributed by atoms with Crippen LogP contribution in [-0.4, -0.2) is 17.0 Å². The zero-order valence-corrected chi connectivity index (χ0v) is 12.9. The highest BCUT2D eigenvalue weighted by Crippen LogP contribution is 2.39. The third kappa shape index (κ3) is 3.28. The predicted molar refractivity (Wildman–Crippen MR) is 82.0 cm³/mol. The van der Waals surface area contributed by atoms with Crippen LogP contribution in [0.5, 0.6) is 5.88 Å². The number of nitrogens with one attached hydrogen (secondary N) is 1. The van der Waals surface area contributed by atoms with Crippen molar-refractivity contribution in [3.63, 3.8) is 0 Å². The minimum atomic E-state index is 0.511. The van der Waals surface area contributed by atoms with Crippen LogP contribution in [0.4, 0.5) is 5.82 Å². The largest absolute Gasteiger partial charge is 0.473 e. The molecule has 1 aliphatic rings. The maximum absolute atomic E-state index is 5.79. The molecular weight excluding hydrogens is 318 g/mol. The van der Waals surface area contributed by atoms with Crippen LogP contribution in [-0.2, 0) is 6.61 Å². The normalized spacial score (nSPS) is 14.1. The van der Waals surface area contributed by atoms with Gasteiger partial charge in [0.05, 0.1) is 0 Å². The number of ether oxygens (including phenoxy) is 1. The van der Waals surface area contributed by atoms with Crippen LogP contribution in [0.25, 0.3) is 0 Å². The van der Waals surface area contributed by atoms with Crippen LogP contribution in [0.15, 0.2) is 34.8 Å². The summed E-state index contributed by atoms with van der Waals surface area (Å²) in [4.78, 5) is 8.97. The maximum Gasteiger partial charge on any atom is 0.219 e. The topological polar surface area (TPSA) is 47.0 Å². The van der Waals surface area contributed by atoms with Crippen molar-refractivity contribution in [2.75, 3.05) is 12.4 Å². The second-order valence-electron chi connectivity index (χ2n) is 4.89. The lowest BCUT2D eigenvalue weighted by Crippen LogP contribution is -2.03. The molecule has 104 valence electrons. The molecular formula is C15H16BrN3O. The number of rotatable bonds is 5. The molecule has 0 atom stereocenters. The molecule has 2 aromatic rings. The van der Waals surface area contributed by atoms with Gasteiger partial charge in [0, 0.05) is 23.5 Å². The Kier molecular flexibility index (Phi) is 3.87. The highest BCUT2D eigenvalue weighted by Gasteiger charge is 2.27. The van der Waals surface area contributed by atoms with E-state index in [1.54, 1.807) is 0 Å². The molecule has 3 rings (SSSR count). The number of hydrogen-bond acceptors (Lipinski definition) is 4. The second-order valence-corrected chi connectivity index (χ2v) is 5.80. The molecule has 5 heteroatoms. The first kappa shape index (κ1) is 13.4. The lowest BCUT2D eigenvalue weighted by Gasteiger charge is -2.09. The van der Waals surface area contributed by atoms with Gasteiger partial charge in [-0.1, -0.05) is 28.1 Å². The quantitative estimate of drug-likeness (QED) is 0.905. The summed E-state index contributed by atoms with van der Waals surface area (Å²) in [6.07, 6.45) is 2.36. The molecule has 20 heavy (non-hydrogen) atoms. The molecule has 1 aliphatic carbocycles. The van der Waals surface area contributed by atoms with Gasteiger partial charge in [0.25, 0.3) is 0 Å². The van der Waals surface area contributed by atoms with Crippen LogP contribution in [0.3, 0.4) is 0 Å². The summed E-state index contributed by atoms with van der Waals surface area (Å²) in [6, 6.07) is 9.92. The molecule has 0 bridgehead atoms.